The van der Waals surface area contributed by atoms with E-state index < -0.39 is 18.1 Å². The van der Waals surface area contributed by atoms with Crippen molar-refractivity contribution >= 4 is 11.9 Å². The summed E-state index contributed by atoms with van der Waals surface area (Å²) in [4.78, 5) is 22.6. The van der Waals surface area contributed by atoms with Crippen molar-refractivity contribution in [2.24, 2.45) is 5.73 Å². The Labute approximate surface area is 112 Å². The number of rotatable bonds is 7. The van der Waals surface area contributed by atoms with Gasteiger partial charge >= 0.3 is 5.97 Å². The molecule has 102 valence electrons. The lowest BCUT2D eigenvalue weighted by Crippen LogP contribution is -2.41. The zero-order valence-corrected chi connectivity index (χ0v) is 10.6. The summed E-state index contributed by atoms with van der Waals surface area (Å²) in [6.45, 7) is 3.46. The molecule has 0 heterocycles. The van der Waals surface area contributed by atoms with Gasteiger partial charge in [-0.05, 0) is 12.0 Å². The van der Waals surface area contributed by atoms with Crippen molar-refractivity contribution in [2.75, 3.05) is 0 Å². The Morgan fingerprint density at radius 1 is 1.37 bits per heavy atom. The van der Waals surface area contributed by atoms with E-state index in [1.165, 1.54) is 6.08 Å². The summed E-state index contributed by atoms with van der Waals surface area (Å²) in [5, 5.41) is 11.3. The highest BCUT2D eigenvalue weighted by Gasteiger charge is 2.19. The van der Waals surface area contributed by atoms with Crippen LogP contribution in [0.1, 0.15) is 24.4 Å². The van der Waals surface area contributed by atoms with E-state index in [2.05, 4.69) is 11.9 Å². The van der Waals surface area contributed by atoms with Crippen molar-refractivity contribution in [3.8, 4) is 0 Å². The van der Waals surface area contributed by atoms with E-state index in [0.717, 1.165) is 5.56 Å². The Morgan fingerprint density at radius 2 is 2.00 bits per heavy atom. The van der Waals surface area contributed by atoms with Gasteiger partial charge in [-0.25, -0.2) is 4.79 Å². The van der Waals surface area contributed by atoms with Crippen molar-refractivity contribution in [3.05, 3.63) is 48.6 Å². The van der Waals surface area contributed by atoms with Crippen LogP contribution in [0.3, 0.4) is 0 Å². The van der Waals surface area contributed by atoms with Gasteiger partial charge in [0.25, 0.3) is 0 Å². The maximum atomic E-state index is 11.7. The lowest BCUT2D eigenvalue weighted by Gasteiger charge is -2.15. The third-order valence-electron chi connectivity index (χ3n) is 2.67. The van der Waals surface area contributed by atoms with Crippen LogP contribution in [0.4, 0.5) is 0 Å². The second-order valence-corrected chi connectivity index (χ2v) is 4.20. The first-order valence-corrected chi connectivity index (χ1v) is 5.98. The summed E-state index contributed by atoms with van der Waals surface area (Å²) in [6.07, 6.45) is 1.68. The summed E-state index contributed by atoms with van der Waals surface area (Å²) in [7, 11) is 0. The van der Waals surface area contributed by atoms with Gasteiger partial charge in [-0.2, -0.15) is 0 Å². The van der Waals surface area contributed by atoms with Crippen LogP contribution in [-0.2, 0) is 9.59 Å². The van der Waals surface area contributed by atoms with Gasteiger partial charge in [-0.15, -0.1) is 6.58 Å². The molecule has 1 aromatic carbocycles. The maximum absolute atomic E-state index is 11.7. The van der Waals surface area contributed by atoms with Gasteiger partial charge in [0.1, 0.15) is 6.04 Å². The summed E-state index contributed by atoms with van der Waals surface area (Å²) >= 11 is 0. The van der Waals surface area contributed by atoms with Gasteiger partial charge in [-0.1, -0.05) is 36.4 Å². The molecule has 0 saturated carbocycles. The lowest BCUT2D eigenvalue weighted by atomic mass is 10.0. The Kier molecular flexibility index (Phi) is 5.75. The molecule has 5 heteroatoms. The predicted molar refractivity (Wildman–Crippen MR) is 72.4 cm³/mol. The van der Waals surface area contributed by atoms with E-state index in [0.29, 0.717) is 0 Å². The lowest BCUT2D eigenvalue weighted by molar-refractivity contribution is -0.141. The molecular formula is C14H18N2O3. The summed E-state index contributed by atoms with van der Waals surface area (Å²) < 4.78 is 0. The number of carboxylic acid groups (broad SMARTS) is 1. The highest BCUT2D eigenvalue weighted by molar-refractivity contribution is 5.84. The van der Waals surface area contributed by atoms with Gasteiger partial charge < -0.3 is 16.2 Å². The highest BCUT2D eigenvalue weighted by Crippen LogP contribution is 2.13. The fourth-order valence-electron chi connectivity index (χ4n) is 1.66. The molecule has 1 rings (SSSR count). The van der Waals surface area contributed by atoms with Crippen LogP contribution in [0.25, 0.3) is 0 Å². The summed E-state index contributed by atoms with van der Waals surface area (Å²) in [5.41, 5.74) is 6.73. The Balaban J connectivity index is 2.55. The molecule has 0 bridgehead atoms. The van der Waals surface area contributed by atoms with E-state index >= 15 is 0 Å². The molecular weight excluding hydrogens is 244 g/mol. The number of carboxylic acids is 1. The van der Waals surface area contributed by atoms with Crippen LogP contribution < -0.4 is 11.1 Å². The monoisotopic (exact) mass is 262 g/mol. The molecule has 0 aliphatic heterocycles. The van der Waals surface area contributed by atoms with Crippen LogP contribution >= 0.6 is 0 Å². The quantitative estimate of drug-likeness (QED) is 0.644. The van der Waals surface area contributed by atoms with Crippen molar-refractivity contribution in [1.29, 1.82) is 0 Å². The summed E-state index contributed by atoms with van der Waals surface area (Å²) in [5.74, 6) is -1.47. The Morgan fingerprint density at radius 3 is 2.53 bits per heavy atom. The Hall–Kier alpha value is -2.14. The molecule has 0 saturated heterocycles. The van der Waals surface area contributed by atoms with E-state index in [1.54, 1.807) is 0 Å². The molecule has 2 atom stereocenters. The van der Waals surface area contributed by atoms with Crippen molar-refractivity contribution in [1.82, 2.24) is 5.32 Å². The summed E-state index contributed by atoms with van der Waals surface area (Å²) in [6, 6.07) is 7.80. The number of carbonyl (C=O) groups is 2. The molecule has 1 aromatic rings. The number of benzene rings is 1. The molecule has 0 aromatic heterocycles. The first-order chi connectivity index (χ1) is 9.04. The van der Waals surface area contributed by atoms with E-state index in [-0.39, 0.29) is 18.7 Å². The number of nitrogens with one attached hydrogen (secondary N) is 1. The van der Waals surface area contributed by atoms with Gasteiger partial charge in [0.05, 0.1) is 0 Å². The van der Waals surface area contributed by atoms with E-state index in [4.69, 9.17) is 10.8 Å². The average Bonchev–Trinajstić information content (AvgIpc) is 2.39. The number of hydrogen-bond acceptors (Lipinski definition) is 3. The minimum Gasteiger partial charge on any atom is -0.480 e. The van der Waals surface area contributed by atoms with Gasteiger partial charge in [0.15, 0.2) is 0 Å². The minimum atomic E-state index is -1.08. The molecule has 0 fully saturated rings. The molecule has 1 amide bonds. The number of carbonyl (C=O) groups excluding carboxylic acids is 1. The molecule has 4 N–H and O–H groups in total. The Bertz CT molecular complexity index is 445. The largest absolute Gasteiger partial charge is 0.480 e. The standard InChI is InChI=1S/C14H18N2O3/c1-2-6-12(14(18)19)16-13(17)9-11(15)10-7-4-3-5-8-10/h2-5,7-8,11-12H,1,6,9,15H2,(H,16,17)(H,18,19). The molecule has 0 radical (unpaired) electrons. The third kappa shape index (κ3) is 4.93. The van der Waals surface area contributed by atoms with E-state index in [9.17, 15) is 9.59 Å². The number of nitrogens with two attached hydrogens (primary N) is 1. The van der Waals surface area contributed by atoms with Crippen LogP contribution in [0.5, 0.6) is 0 Å². The third-order valence-corrected chi connectivity index (χ3v) is 2.67. The van der Waals surface area contributed by atoms with Gasteiger partial charge in [0, 0.05) is 12.5 Å². The molecule has 19 heavy (non-hydrogen) atoms. The van der Waals surface area contributed by atoms with E-state index in [1.807, 2.05) is 30.3 Å². The van der Waals surface area contributed by atoms with Gasteiger partial charge in [0.2, 0.25) is 5.91 Å². The first kappa shape index (κ1) is 14.9. The fourth-order valence-corrected chi connectivity index (χ4v) is 1.66. The SMILES string of the molecule is C=CCC(NC(=O)CC(N)c1ccccc1)C(=O)O. The van der Waals surface area contributed by atoms with Crippen LogP contribution in [0.2, 0.25) is 0 Å². The van der Waals surface area contributed by atoms with Crippen LogP contribution in [0, 0.1) is 0 Å². The maximum Gasteiger partial charge on any atom is 0.326 e. The zero-order chi connectivity index (χ0) is 14.3. The van der Waals surface area contributed by atoms with Crippen LogP contribution in [-0.4, -0.2) is 23.0 Å². The van der Waals surface area contributed by atoms with Crippen molar-refractivity contribution in [2.45, 2.75) is 24.9 Å². The molecule has 0 aliphatic carbocycles. The number of hydrogen-bond donors (Lipinski definition) is 3. The van der Waals surface area contributed by atoms with Crippen molar-refractivity contribution < 1.29 is 14.7 Å². The zero-order valence-electron chi connectivity index (χ0n) is 10.6. The number of amides is 1. The first-order valence-electron chi connectivity index (χ1n) is 5.98. The van der Waals surface area contributed by atoms with Crippen molar-refractivity contribution in [3.63, 3.8) is 0 Å². The predicted octanol–water partition coefficient (Wildman–Crippen LogP) is 1.22. The average molecular weight is 262 g/mol. The van der Waals surface area contributed by atoms with Crippen LogP contribution in [0.15, 0.2) is 43.0 Å². The molecule has 2 unspecified atom stereocenters. The smallest absolute Gasteiger partial charge is 0.326 e. The molecule has 5 nitrogen and oxygen atoms in total. The normalized spacial score (nSPS) is 13.3. The minimum absolute atomic E-state index is 0.0466. The fraction of sp³-hybridized carbons (Fsp3) is 0.286. The second kappa shape index (κ2) is 7.33. The molecule has 0 aliphatic rings. The molecule has 0 spiro atoms. The second-order valence-electron chi connectivity index (χ2n) is 4.20. The van der Waals surface area contributed by atoms with Gasteiger partial charge in [-0.3, -0.25) is 4.79 Å². The topological polar surface area (TPSA) is 92.4 Å². The highest BCUT2D eigenvalue weighted by atomic mass is 16.4. The number of aliphatic carboxylic acids is 1.